The number of primary amides is 2. The summed E-state index contributed by atoms with van der Waals surface area (Å²) in [7, 11) is 0. The summed E-state index contributed by atoms with van der Waals surface area (Å²) in [5.74, 6) is -4.68. The summed E-state index contributed by atoms with van der Waals surface area (Å²) in [6, 6.07) is 3.79. The molecule has 4 atom stereocenters. The van der Waals surface area contributed by atoms with Crippen molar-refractivity contribution in [3.05, 3.63) is 35.9 Å². The number of carboxylic acids is 1. The Kier molecular flexibility index (Phi) is 13.7. The van der Waals surface area contributed by atoms with E-state index in [9.17, 15) is 33.9 Å². The molecule has 37 heavy (non-hydrogen) atoms. The number of rotatable bonds is 17. The van der Waals surface area contributed by atoms with E-state index in [1.54, 1.807) is 36.6 Å². The monoisotopic (exact) mass is 538 g/mol. The molecule has 0 aliphatic rings. The van der Waals surface area contributed by atoms with Gasteiger partial charge in [0.25, 0.3) is 0 Å². The van der Waals surface area contributed by atoms with E-state index < -0.39 is 66.1 Å². The zero-order valence-corrected chi connectivity index (χ0v) is 21.3. The van der Waals surface area contributed by atoms with E-state index in [4.69, 9.17) is 17.2 Å². The Bertz CT molecular complexity index is 962. The number of nitrogens with two attached hydrogens (primary N) is 3. The van der Waals surface area contributed by atoms with Gasteiger partial charge in [0.15, 0.2) is 0 Å². The van der Waals surface area contributed by atoms with Gasteiger partial charge in [-0.3, -0.25) is 24.0 Å². The predicted molar refractivity (Wildman–Crippen MR) is 137 cm³/mol. The molecule has 13 nitrogen and oxygen atoms in total. The maximum absolute atomic E-state index is 13.2. The summed E-state index contributed by atoms with van der Waals surface area (Å²) in [6.07, 6.45) is 1.11. The van der Waals surface area contributed by atoms with Crippen LogP contribution in [0.3, 0.4) is 0 Å². The Morgan fingerprint density at radius 1 is 0.838 bits per heavy atom. The minimum atomic E-state index is -1.39. The van der Waals surface area contributed by atoms with Crippen molar-refractivity contribution in [2.24, 2.45) is 17.2 Å². The molecule has 0 saturated carbocycles. The molecular weight excluding hydrogens is 504 g/mol. The van der Waals surface area contributed by atoms with Crippen LogP contribution >= 0.6 is 11.8 Å². The zero-order chi connectivity index (χ0) is 28.0. The first-order chi connectivity index (χ1) is 17.4. The minimum Gasteiger partial charge on any atom is -0.480 e. The zero-order valence-electron chi connectivity index (χ0n) is 20.5. The second-order valence-electron chi connectivity index (χ2n) is 8.27. The summed E-state index contributed by atoms with van der Waals surface area (Å²) >= 11 is 1.41. The molecule has 0 aromatic heterocycles. The lowest BCUT2D eigenvalue weighted by atomic mass is 10.0. The fraction of sp³-hybridized carbons (Fsp3) is 0.478. The first-order valence-corrected chi connectivity index (χ1v) is 12.8. The highest BCUT2D eigenvalue weighted by atomic mass is 32.2. The second kappa shape index (κ2) is 16.2. The highest BCUT2D eigenvalue weighted by Gasteiger charge is 2.30. The minimum absolute atomic E-state index is 0.0505. The van der Waals surface area contributed by atoms with Crippen molar-refractivity contribution in [1.82, 2.24) is 16.0 Å². The van der Waals surface area contributed by atoms with Gasteiger partial charge in [-0.1, -0.05) is 30.3 Å². The number of hydrogen-bond donors (Lipinski definition) is 7. The third-order valence-corrected chi connectivity index (χ3v) is 5.86. The number of hydrogen-bond acceptors (Lipinski definition) is 8. The number of nitrogens with one attached hydrogen (secondary N) is 3. The molecule has 0 aliphatic heterocycles. The van der Waals surface area contributed by atoms with E-state index in [-0.39, 0.29) is 25.7 Å². The fourth-order valence-corrected chi connectivity index (χ4v) is 3.71. The van der Waals surface area contributed by atoms with E-state index in [0.29, 0.717) is 11.3 Å². The fourth-order valence-electron chi connectivity index (χ4n) is 3.24. The standard InChI is InChI=1S/C23H34N6O7S/c1-37-10-9-15(21(33)28-16(23(35)36)7-8-18(25)30)27-22(34)17(11-13-5-3-2-4-6-13)29-20(32)14(24)12-19(26)31/h2-6,14-17H,7-12,24H2,1H3,(H2,25,30)(H2,26,31)(H,27,34)(H,28,33)(H,29,32)(H,35,36). The summed E-state index contributed by atoms with van der Waals surface area (Å²) < 4.78 is 0. The van der Waals surface area contributed by atoms with Gasteiger partial charge >= 0.3 is 5.97 Å². The average Bonchev–Trinajstić information content (AvgIpc) is 2.83. The van der Waals surface area contributed by atoms with Crippen LogP contribution in [0.2, 0.25) is 0 Å². The summed E-state index contributed by atoms with van der Waals surface area (Å²) in [5.41, 5.74) is 16.6. The Hall–Kier alpha value is -3.65. The molecule has 5 amide bonds. The van der Waals surface area contributed by atoms with E-state index in [1.165, 1.54) is 11.8 Å². The molecule has 204 valence electrons. The van der Waals surface area contributed by atoms with Crippen LogP contribution in [0.25, 0.3) is 0 Å². The maximum Gasteiger partial charge on any atom is 0.326 e. The van der Waals surface area contributed by atoms with Gasteiger partial charge in [0.2, 0.25) is 29.5 Å². The summed E-state index contributed by atoms with van der Waals surface area (Å²) in [4.78, 5) is 72.3. The predicted octanol–water partition coefficient (Wildman–Crippen LogP) is -2.01. The number of benzene rings is 1. The lowest BCUT2D eigenvalue weighted by Gasteiger charge is -2.25. The smallest absolute Gasteiger partial charge is 0.326 e. The average molecular weight is 539 g/mol. The quantitative estimate of drug-likeness (QED) is 0.116. The van der Waals surface area contributed by atoms with Gasteiger partial charge in [-0.2, -0.15) is 11.8 Å². The first kappa shape index (κ1) is 31.4. The molecule has 14 heteroatoms. The molecule has 1 aromatic carbocycles. The van der Waals surface area contributed by atoms with E-state index in [1.807, 2.05) is 0 Å². The number of aliphatic carboxylic acids is 1. The maximum atomic E-state index is 13.2. The van der Waals surface area contributed by atoms with Crippen molar-refractivity contribution in [3.8, 4) is 0 Å². The van der Waals surface area contributed by atoms with Crippen LogP contribution in [0.15, 0.2) is 30.3 Å². The Balaban J connectivity index is 3.08. The van der Waals surface area contributed by atoms with Crippen molar-refractivity contribution >= 4 is 47.3 Å². The van der Waals surface area contributed by atoms with Crippen molar-refractivity contribution < 1.29 is 33.9 Å². The van der Waals surface area contributed by atoms with Crippen LogP contribution in [0.5, 0.6) is 0 Å². The largest absolute Gasteiger partial charge is 0.480 e. The molecule has 4 unspecified atom stereocenters. The second-order valence-corrected chi connectivity index (χ2v) is 9.26. The SMILES string of the molecule is CSCCC(NC(=O)C(Cc1ccccc1)NC(=O)C(N)CC(N)=O)C(=O)NC(CCC(N)=O)C(=O)O. The molecule has 1 rings (SSSR count). The highest BCUT2D eigenvalue weighted by molar-refractivity contribution is 7.98. The number of thioether (sulfide) groups is 1. The Morgan fingerprint density at radius 2 is 1.41 bits per heavy atom. The first-order valence-electron chi connectivity index (χ1n) is 11.4. The molecular formula is C23H34N6O7S. The van der Waals surface area contributed by atoms with E-state index >= 15 is 0 Å². The molecule has 0 radical (unpaired) electrons. The van der Waals surface area contributed by atoms with Gasteiger partial charge < -0.3 is 38.3 Å². The van der Waals surface area contributed by atoms with Crippen LogP contribution in [-0.2, 0) is 35.2 Å². The third kappa shape index (κ3) is 12.2. The van der Waals surface area contributed by atoms with Crippen molar-refractivity contribution in [1.29, 1.82) is 0 Å². The molecule has 0 heterocycles. The van der Waals surface area contributed by atoms with Crippen LogP contribution in [0.1, 0.15) is 31.2 Å². The molecule has 1 aromatic rings. The number of carbonyl (C=O) groups excluding carboxylic acids is 5. The normalized spacial score (nSPS) is 13.9. The highest BCUT2D eigenvalue weighted by Crippen LogP contribution is 2.08. The van der Waals surface area contributed by atoms with Gasteiger partial charge in [-0.05, 0) is 30.4 Å². The van der Waals surface area contributed by atoms with Crippen molar-refractivity contribution in [3.63, 3.8) is 0 Å². The molecule has 0 fully saturated rings. The summed E-state index contributed by atoms with van der Waals surface area (Å²) in [6.45, 7) is 0. The Labute approximate surface area is 218 Å². The van der Waals surface area contributed by atoms with Crippen LogP contribution in [0, 0.1) is 0 Å². The number of amides is 5. The third-order valence-electron chi connectivity index (χ3n) is 5.21. The van der Waals surface area contributed by atoms with Crippen LogP contribution in [-0.4, -0.2) is 76.8 Å². The van der Waals surface area contributed by atoms with Crippen LogP contribution < -0.4 is 33.2 Å². The number of carboxylic acid groups (broad SMARTS) is 1. The molecule has 0 bridgehead atoms. The van der Waals surface area contributed by atoms with Gasteiger partial charge in [-0.25, -0.2) is 4.79 Å². The number of carbonyl (C=O) groups is 6. The van der Waals surface area contributed by atoms with Gasteiger partial charge in [0.05, 0.1) is 12.5 Å². The van der Waals surface area contributed by atoms with Crippen molar-refractivity contribution in [2.75, 3.05) is 12.0 Å². The van der Waals surface area contributed by atoms with Gasteiger partial charge in [0, 0.05) is 12.8 Å². The topological polar surface area (TPSA) is 237 Å². The molecule has 0 spiro atoms. The molecule has 10 N–H and O–H groups in total. The van der Waals surface area contributed by atoms with Gasteiger partial charge in [0.1, 0.15) is 18.1 Å². The lowest BCUT2D eigenvalue weighted by molar-refractivity contribution is -0.142. The molecule has 0 saturated heterocycles. The van der Waals surface area contributed by atoms with Gasteiger partial charge in [-0.15, -0.1) is 0 Å². The lowest BCUT2D eigenvalue weighted by Crippen LogP contribution is -2.58. The van der Waals surface area contributed by atoms with E-state index in [0.717, 1.165) is 0 Å². The van der Waals surface area contributed by atoms with E-state index in [2.05, 4.69) is 16.0 Å². The molecule has 0 aliphatic carbocycles. The Morgan fingerprint density at radius 3 is 1.95 bits per heavy atom. The summed E-state index contributed by atoms with van der Waals surface area (Å²) in [5, 5.41) is 16.8. The van der Waals surface area contributed by atoms with Crippen LogP contribution in [0.4, 0.5) is 0 Å². The van der Waals surface area contributed by atoms with Crippen molar-refractivity contribution in [2.45, 2.75) is 56.3 Å².